The first-order chi connectivity index (χ1) is 8.04. The molecule has 0 aliphatic heterocycles. The number of non-ortho nitro benzene ring substituents is 1. The van der Waals surface area contributed by atoms with Gasteiger partial charge in [-0.1, -0.05) is 0 Å². The first-order valence-corrected chi connectivity index (χ1v) is 5.08. The number of ether oxygens (including phenoxy) is 2. The van der Waals surface area contributed by atoms with Crippen LogP contribution in [-0.2, 0) is 9.53 Å². The van der Waals surface area contributed by atoms with Gasteiger partial charge in [-0.2, -0.15) is 0 Å². The van der Waals surface area contributed by atoms with Crippen LogP contribution in [0.3, 0.4) is 0 Å². The van der Waals surface area contributed by atoms with Crippen LogP contribution < -0.4 is 4.74 Å². The van der Waals surface area contributed by atoms with Crippen molar-refractivity contribution in [3.8, 4) is 5.75 Å². The quantitative estimate of drug-likeness (QED) is 0.445. The van der Waals surface area contributed by atoms with Crippen LogP contribution in [0, 0.1) is 17.0 Å². The molecular weight excluding hydrogens is 226 g/mol. The van der Waals surface area contributed by atoms with Gasteiger partial charge in [-0.05, 0) is 25.5 Å². The molecule has 6 heteroatoms. The number of hydrogen-bond acceptors (Lipinski definition) is 5. The van der Waals surface area contributed by atoms with Gasteiger partial charge in [0.05, 0.1) is 17.6 Å². The van der Waals surface area contributed by atoms with E-state index in [1.165, 1.54) is 12.1 Å². The number of hydrogen-bond donors (Lipinski definition) is 0. The zero-order valence-electron chi connectivity index (χ0n) is 9.63. The minimum atomic E-state index is -0.517. The zero-order chi connectivity index (χ0) is 12.8. The van der Waals surface area contributed by atoms with Crippen LogP contribution in [-0.4, -0.2) is 24.1 Å². The third-order valence-electron chi connectivity index (χ3n) is 2.03. The van der Waals surface area contributed by atoms with Crippen LogP contribution in [0.15, 0.2) is 18.2 Å². The van der Waals surface area contributed by atoms with Crippen LogP contribution in [0.2, 0.25) is 0 Å². The maximum absolute atomic E-state index is 11.1. The molecular formula is C11H13NO5. The van der Waals surface area contributed by atoms with Crippen molar-refractivity contribution in [2.24, 2.45) is 0 Å². The number of nitrogens with zero attached hydrogens (tertiary/aromatic N) is 1. The molecule has 17 heavy (non-hydrogen) atoms. The molecule has 0 radical (unpaired) electrons. The molecule has 6 nitrogen and oxygen atoms in total. The highest BCUT2D eigenvalue weighted by molar-refractivity contribution is 5.71. The number of esters is 1. The summed E-state index contributed by atoms with van der Waals surface area (Å²) in [5.74, 6) is -0.189. The maximum atomic E-state index is 11.1. The van der Waals surface area contributed by atoms with E-state index in [9.17, 15) is 14.9 Å². The lowest BCUT2D eigenvalue weighted by molar-refractivity contribution is -0.384. The lowest BCUT2D eigenvalue weighted by Gasteiger charge is -2.08. The van der Waals surface area contributed by atoms with Crippen LogP contribution in [0.25, 0.3) is 0 Å². The number of carbonyl (C=O) groups is 1. The molecule has 0 bridgehead atoms. The summed E-state index contributed by atoms with van der Waals surface area (Å²) in [6.07, 6.45) is 0. The second-order valence-corrected chi connectivity index (χ2v) is 3.30. The fourth-order valence-electron chi connectivity index (χ4n) is 1.20. The van der Waals surface area contributed by atoms with Gasteiger partial charge < -0.3 is 9.47 Å². The van der Waals surface area contributed by atoms with E-state index in [4.69, 9.17) is 4.74 Å². The van der Waals surface area contributed by atoms with Gasteiger partial charge in [0.15, 0.2) is 6.61 Å². The number of nitro groups is 1. The summed E-state index contributed by atoms with van der Waals surface area (Å²) in [6.45, 7) is 3.45. The van der Waals surface area contributed by atoms with E-state index < -0.39 is 10.9 Å². The van der Waals surface area contributed by atoms with E-state index in [1.807, 2.05) is 0 Å². The molecule has 92 valence electrons. The topological polar surface area (TPSA) is 78.7 Å². The minimum Gasteiger partial charge on any atom is -0.481 e. The Kier molecular flexibility index (Phi) is 4.45. The number of benzene rings is 1. The van der Waals surface area contributed by atoms with E-state index in [2.05, 4.69) is 4.74 Å². The van der Waals surface area contributed by atoms with Gasteiger partial charge in [0, 0.05) is 6.07 Å². The Morgan fingerprint density at radius 2 is 2.18 bits per heavy atom. The molecule has 0 aliphatic carbocycles. The molecule has 0 N–H and O–H groups in total. The Bertz CT molecular complexity index is 430. The Balaban J connectivity index is 2.73. The van der Waals surface area contributed by atoms with Crippen LogP contribution in [0.5, 0.6) is 5.75 Å². The Morgan fingerprint density at radius 1 is 1.47 bits per heavy atom. The fourth-order valence-corrected chi connectivity index (χ4v) is 1.20. The highest BCUT2D eigenvalue weighted by atomic mass is 16.6. The summed E-state index contributed by atoms with van der Waals surface area (Å²) in [4.78, 5) is 21.1. The van der Waals surface area contributed by atoms with Crippen molar-refractivity contribution >= 4 is 11.7 Å². The average molecular weight is 239 g/mol. The van der Waals surface area contributed by atoms with Crippen molar-refractivity contribution in [2.45, 2.75) is 13.8 Å². The van der Waals surface area contributed by atoms with E-state index in [0.29, 0.717) is 5.75 Å². The van der Waals surface area contributed by atoms with E-state index in [0.717, 1.165) is 5.56 Å². The van der Waals surface area contributed by atoms with Crippen LogP contribution >= 0.6 is 0 Å². The van der Waals surface area contributed by atoms with Crippen LogP contribution in [0.1, 0.15) is 12.5 Å². The van der Waals surface area contributed by atoms with Gasteiger partial charge in [0.2, 0.25) is 0 Å². The highest BCUT2D eigenvalue weighted by Gasteiger charge is 2.11. The SMILES string of the molecule is CCOC(=O)COc1cc([N+](=O)[O-])ccc1C. The minimum absolute atomic E-state index is 0.0746. The van der Waals surface area contributed by atoms with Gasteiger partial charge in [-0.25, -0.2) is 4.79 Å². The lowest BCUT2D eigenvalue weighted by Crippen LogP contribution is -2.15. The van der Waals surface area contributed by atoms with Crippen molar-refractivity contribution in [1.29, 1.82) is 0 Å². The smallest absolute Gasteiger partial charge is 0.344 e. The summed E-state index contributed by atoms with van der Waals surface area (Å²) in [6, 6.07) is 4.24. The van der Waals surface area contributed by atoms with Crippen LogP contribution in [0.4, 0.5) is 5.69 Å². The molecule has 0 saturated carbocycles. The third-order valence-corrected chi connectivity index (χ3v) is 2.03. The van der Waals surface area contributed by atoms with E-state index in [-0.39, 0.29) is 18.9 Å². The first-order valence-electron chi connectivity index (χ1n) is 5.08. The summed E-state index contributed by atoms with van der Waals surface area (Å²) in [5, 5.41) is 10.6. The summed E-state index contributed by atoms with van der Waals surface area (Å²) in [7, 11) is 0. The summed E-state index contributed by atoms with van der Waals surface area (Å²) < 4.78 is 9.85. The standard InChI is InChI=1S/C11H13NO5/c1-3-16-11(13)7-17-10-6-9(12(14)15)5-4-8(10)2/h4-6H,3,7H2,1-2H3. The normalized spacial score (nSPS) is 9.76. The van der Waals surface area contributed by atoms with Gasteiger partial charge in [0.25, 0.3) is 5.69 Å². The summed E-state index contributed by atoms with van der Waals surface area (Å²) in [5.41, 5.74) is 0.648. The molecule has 0 aromatic heterocycles. The van der Waals surface area contributed by atoms with Crippen molar-refractivity contribution in [1.82, 2.24) is 0 Å². The summed E-state index contributed by atoms with van der Waals surface area (Å²) >= 11 is 0. The van der Waals surface area contributed by atoms with Gasteiger partial charge in [-0.15, -0.1) is 0 Å². The molecule has 0 heterocycles. The van der Waals surface area contributed by atoms with E-state index in [1.54, 1.807) is 19.9 Å². The van der Waals surface area contributed by atoms with Gasteiger partial charge in [0.1, 0.15) is 5.75 Å². The Labute approximate surface area is 98.3 Å². The molecule has 0 fully saturated rings. The molecule has 0 spiro atoms. The zero-order valence-corrected chi connectivity index (χ0v) is 9.63. The van der Waals surface area contributed by atoms with Crippen molar-refractivity contribution < 1.29 is 19.2 Å². The Hall–Kier alpha value is -2.11. The maximum Gasteiger partial charge on any atom is 0.344 e. The van der Waals surface area contributed by atoms with Crippen molar-refractivity contribution in [3.05, 3.63) is 33.9 Å². The molecule has 0 aliphatic rings. The van der Waals surface area contributed by atoms with Gasteiger partial charge >= 0.3 is 5.97 Å². The number of nitro benzene ring substituents is 1. The monoisotopic (exact) mass is 239 g/mol. The molecule has 1 rings (SSSR count). The highest BCUT2D eigenvalue weighted by Crippen LogP contribution is 2.23. The molecule has 0 atom stereocenters. The third kappa shape index (κ3) is 3.75. The van der Waals surface area contributed by atoms with Gasteiger partial charge in [-0.3, -0.25) is 10.1 Å². The Morgan fingerprint density at radius 3 is 2.76 bits per heavy atom. The average Bonchev–Trinajstić information content (AvgIpc) is 2.28. The van der Waals surface area contributed by atoms with E-state index >= 15 is 0 Å². The number of aryl methyl sites for hydroxylation is 1. The van der Waals surface area contributed by atoms with Crippen molar-refractivity contribution in [3.63, 3.8) is 0 Å². The lowest BCUT2D eigenvalue weighted by atomic mass is 10.2. The second kappa shape index (κ2) is 5.83. The predicted octanol–water partition coefficient (Wildman–Crippen LogP) is 1.85. The molecule has 1 aromatic carbocycles. The predicted molar refractivity (Wildman–Crippen MR) is 60.0 cm³/mol. The number of carbonyl (C=O) groups excluding carboxylic acids is 1. The second-order valence-electron chi connectivity index (χ2n) is 3.30. The fraction of sp³-hybridized carbons (Fsp3) is 0.364. The number of rotatable bonds is 5. The first kappa shape index (κ1) is 13.0. The van der Waals surface area contributed by atoms with Crippen molar-refractivity contribution in [2.75, 3.05) is 13.2 Å². The largest absolute Gasteiger partial charge is 0.481 e. The molecule has 0 amide bonds. The molecule has 0 saturated heterocycles. The molecule has 0 unspecified atom stereocenters. The molecule has 1 aromatic rings.